The molecule has 2 saturated heterocycles. The highest BCUT2D eigenvalue weighted by Gasteiger charge is 2.30. The number of methoxy groups -OCH3 is 1. The van der Waals surface area contributed by atoms with E-state index >= 15 is 0 Å². The zero-order valence-corrected chi connectivity index (χ0v) is 13.6. The molecule has 2 aliphatic rings. The molecule has 1 aromatic rings. The third kappa shape index (κ3) is 3.82. The molecule has 1 aromatic heterocycles. The van der Waals surface area contributed by atoms with Crippen molar-refractivity contribution in [3.63, 3.8) is 0 Å². The summed E-state index contributed by atoms with van der Waals surface area (Å²) in [7, 11) is 1.55. The zero-order chi connectivity index (χ0) is 16.2. The first-order valence-electron chi connectivity index (χ1n) is 8.39. The van der Waals surface area contributed by atoms with E-state index in [2.05, 4.69) is 9.88 Å². The number of hydrogen-bond donors (Lipinski definition) is 1. The zero-order valence-electron chi connectivity index (χ0n) is 13.6. The molecule has 6 heteroatoms. The van der Waals surface area contributed by atoms with E-state index in [1.807, 2.05) is 4.90 Å². The number of amides is 1. The van der Waals surface area contributed by atoms with Gasteiger partial charge in [0.1, 0.15) is 0 Å². The minimum Gasteiger partial charge on any atom is -0.481 e. The van der Waals surface area contributed by atoms with Crippen LogP contribution in [0.3, 0.4) is 0 Å². The number of likely N-dealkylation sites (tertiary alicyclic amines) is 2. The average Bonchev–Trinajstić information content (AvgIpc) is 2.61. The topological polar surface area (TPSA) is 65.9 Å². The van der Waals surface area contributed by atoms with Gasteiger partial charge < -0.3 is 14.7 Å². The summed E-state index contributed by atoms with van der Waals surface area (Å²) in [6.07, 6.45) is 5.34. The van der Waals surface area contributed by atoms with Gasteiger partial charge in [-0.15, -0.1) is 0 Å². The number of aliphatic hydroxyl groups is 1. The summed E-state index contributed by atoms with van der Waals surface area (Å²) in [4.78, 5) is 20.9. The maximum absolute atomic E-state index is 12.6. The fourth-order valence-corrected chi connectivity index (χ4v) is 3.59. The van der Waals surface area contributed by atoms with Gasteiger partial charge >= 0.3 is 0 Å². The van der Waals surface area contributed by atoms with Crippen molar-refractivity contribution in [1.82, 2.24) is 14.8 Å². The van der Waals surface area contributed by atoms with Gasteiger partial charge in [0.15, 0.2) is 0 Å². The highest BCUT2D eigenvalue weighted by Crippen LogP contribution is 2.22. The molecule has 6 nitrogen and oxygen atoms in total. The van der Waals surface area contributed by atoms with Gasteiger partial charge in [0.05, 0.1) is 13.2 Å². The van der Waals surface area contributed by atoms with Crippen molar-refractivity contribution < 1.29 is 14.6 Å². The lowest BCUT2D eigenvalue weighted by atomic mass is 9.98. The number of ether oxygens (including phenoxy) is 1. The SMILES string of the molecule is COc1cc(C(=O)N2CCC(N3CCCC(O)C3)CC2)ccn1. The molecule has 1 amide bonds. The first kappa shape index (κ1) is 16.2. The minimum atomic E-state index is -0.187. The Labute approximate surface area is 137 Å². The Hall–Kier alpha value is -1.66. The molecule has 1 N–H and O–H groups in total. The number of piperidine rings is 2. The minimum absolute atomic E-state index is 0.0443. The third-order valence-corrected chi connectivity index (χ3v) is 4.89. The first-order valence-corrected chi connectivity index (χ1v) is 8.39. The molecule has 0 aliphatic carbocycles. The second-order valence-corrected chi connectivity index (χ2v) is 6.40. The van der Waals surface area contributed by atoms with E-state index in [-0.39, 0.29) is 12.0 Å². The van der Waals surface area contributed by atoms with Gasteiger partial charge in [0, 0.05) is 43.5 Å². The van der Waals surface area contributed by atoms with Crippen molar-refractivity contribution in [2.45, 2.75) is 37.8 Å². The lowest BCUT2D eigenvalue weighted by molar-refractivity contribution is 0.0240. The quantitative estimate of drug-likeness (QED) is 0.905. The second kappa shape index (κ2) is 7.27. The second-order valence-electron chi connectivity index (χ2n) is 6.40. The lowest BCUT2D eigenvalue weighted by Gasteiger charge is -2.41. The van der Waals surface area contributed by atoms with Crippen LogP contribution in [0.4, 0.5) is 0 Å². The molecular formula is C17H25N3O3. The molecule has 0 spiro atoms. The van der Waals surface area contributed by atoms with E-state index in [1.54, 1.807) is 25.4 Å². The maximum Gasteiger partial charge on any atom is 0.254 e. The number of β-amino-alcohol motifs (C(OH)–C–C–N with tert-alkyl or cyclic N) is 1. The van der Waals surface area contributed by atoms with Crippen molar-refractivity contribution in [2.75, 3.05) is 33.3 Å². The monoisotopic (exact) mass is 319 g/mol. The highest BCUT2D eigenvalue weighted by atomic mass is 16.5. The van der Waals surface area contributed by atoms with E-state index in [4.69, 9.17) is 4.74 Å². The largest absolute Gasteiger partial charge is 0.481 e. The third-order valence-electron chi connectivity index (χ3n) is 4.89. The van der Waals surface area contributed by atoms with Crippen molar-refractivity contribution in [2.24, 2.45) is 0 Å². The van der Waals surface area contributed by atoms with Crippen LogP contribution in [0.5, 0.6) is 5.88 Å². The Morgan fingerprint density at radius 1 is 1.30 bits per heavy atom. The van der Waals surface area contributed by atoms with E-state index < -0.39 is 0 Å². The molecule has 3 heterocycles. The van der Waals surface area contributed by atoms with Crippen LogP contribution in [0.2, 0.25) is 0 Å². The molecule has 3 rings (SSSR count). The molecule has 1 unspecified atom stereocenters. The van der Waals surface area contributed by atoms with Crippen LogP contribution in [-0.2, 0) is 0 Å². The summed E-state index contributed by atoms with van der Waals surface area (Å²) in [6, 6.07) is 3.91. The molecule has 0 saturated carbocycles. The van der Waals surface area contributed by atoms with Crippen LogP contribution in [0.25, 0.3) is 0 Å². The van der Waals surface area contributed by atoms with Crippen LogP contribution >= 0.6 is 0 Å². The van der Waals surface area contributed by atoms with E-state index in [0.29, 0.717) is 17.5 Å². The molecular weight excluding hydrogens is 294 g/mol. The van der Waals surface area contributed by atoms with Gasteiger partial charge in [0.25, 0.3) is 5.91 Å². The van der Waals surface area contributed by atoms with Crippen molar-refractivity contribution >= 4 is 5.91 Å². The average molecular weight is 319 g/mol. The fraction of sp³-hybridized carbons (Fsp3) is 0.647. The summed E-state index contributed by atoms with van der Waals surface area (Å²) in [5.41, 5.74) is 0.628. The molecule has 0 aromatic carbocycles. The number of pyridine rings is 1. The molecule has 1 atom stereocenters. The molecule has 126 valence electrons. The summed E-state index contributed by atoms with van der Waals surface area (Å²) >= 11 is 0. The van der Waals surface area contributed by atoms with Crippen molar-refractivity contribution in [3.8, 4) is 5.88 Å². The van der Waals surface area contributed by atoms with Crippen molar-refractivity contribution in [3.05, 3.63) is 23.9 Å². The van der Waals surface area contributed by atoms with Gasteiger partial charge in [-0.1, -0.05) is 0 Å². The molecule has 0 radical (unpaired) electrons. The predicted octanol–water partition coefficient (Wildman–Crippen LogP) is 1.15. The maximum atomic E-state index is 12.6. The summed E-state index contributed by atoms with van der Waals surface area (Å²) < 4.78 is 5.09. The summed E-state index contributed by atoms with van der Waals surface area (Å²) in [5.74, 6) is 0.510. The molecule has 2 fully saturated rings. The normalized spacial score (nSPS) is 23.7. The molecule has 0 bridgehead atoms. The van der Waals surface area contributed by atoms with Crippen LogP contribution in [-0.4, -0.2) is 71.2 Å². The Morgan fingerprint density at radius 3 is 2.78 bits per heavy atom. The van der Waals surface area contributed by atoms with Crippen LogP contribution < -0.4 is 4.74 Å². The fourth-order valence-electron chi connectivity index (χ4n) is 3.59. The Morgan fingerprint density at radius 2 is 2.09 bits per heavy atom. The van der Waals surface area contributed by atoms with E-state index in [0.717, 1.165) is 51.9 Å². The molecule has 2 aliphatic heterocycles. The first-order chi connectivity index (χ1) is 11.2. The molecule has 23 heavy (non-hydrogen) atoms. The van der Waals surface area contributed by atoms with Gasteiger partial charge in [-0.05, 0) is 38.3 Å². The van der Waals surface area contributed by atoms with Crippen LogP contribution in [0.1, 0.15) is 36.0 Å². The number of nitrogens with zero attached hydrogens (tertiary/aromatic N) is 3. The number of aromatic nitrogens is 1. The smallest absolute Gasteiger partial charge is 0.254 e. The van der Waals surface area contributed by atoms with E-state index in [9.17, 15) is 9.90 Å². The Kier molecular flexibility index (Phi) is 5.13. The predicted molar refractivity (Wildman–Crippen MR) is 86.5 cm³/mol. The van der Waals surface area contributed by atoms with E-state index in [1.165, 1.54) is 0 Å². The number of carbonyl (C=O) groups excluding carboxylic acids is 1. The van der Waals surface area contributed by atoms with Crippen LogP contribution in [0.15, 0.2) is 18.3 Å². The number of carbonyl (C=O) groups is 1. The van der Waals surface area contributed by atoms with Crippen molar-refractivity contribution in [1.29, 1.82) is 0 Å². The van der Waals surface area contributed by atoms with Gasteiger partial charge in [-0.3, -0.25) is 9.69 Å². The standard InChI is InChI=1S/C17H25N3O3/c1-23-16-11-13(4-7-18-16)17(22)19-9-5-14(6-10-19)20-8-2-3-15(21)12-20/h4,7,11,14-15,21H,2-3,5-6,8-10,12H2,1H3. The highest BCUT2D eigenvalue weighted by molar-refractivity contribution is 5.94. The number of aliphatic hydroxyl groups excluding tert-OH is 1. The van der Waals surface area contributed by atoms with Crippen LogP contribution in [0, 0.1) is 0 Å². The summed E-state index contributed by atoms with van der Waals surface area (Å²) in [6.45, 7) is 3.37. The Bertz CT molecular complexity index is 544. The van der Waals surface area contributed by atoms with Gasteiger partial charge in [-0.2, -0.15) is 0 Å². The number of hydrogen-bond acceptors (Lipinski definition) is 5. The number of rotatable bonds is 3. The van der Waals surface area contributed by atoms with Gasteiger partial charge in [0.2, 0.25) is 5.88 Å². The summed E-state index contributed by atoms with van der Waals surface area (Å²) in [5, 5.41) is 9.82. The lowest BCUT2D eigenvalue weighted by Crippen LogP contribution is -2.50. The van der Waals surface area contributed by atoms with Gasteiger partial charge in [-0.25, -0.2) is 4.98 Å². The Balaban J connectivity index is 1.56.